The highest BCUT2D eigenvalue weighted by Gasteiger charge is 2.55. The van der Waals surface area contributed by atoms with Crippen molar-refractivity contribution in [3.05, 3.63) is 64.6 Å². The van der Waals surface area contributed by atoms with E-state index >= 15 is 0 Å². The zero-order chi connectivity index (χ0) is 27.1. The number of benzene rings is 1. The van der Waals surface area contributed by atoms with Crippen LogP contribution in [0.3, 0.4) is 0 Å². The molecule has 204 valence electrons. The first-order valence-corrected chi connectivity index (χ1v) is 13.4. The van der Waals surface area contributed by atoms with Crippen LogP contribution in [-0.2, 0) is 11.3 Å². The highest BCUT2D eigenvalue weighted by atomic mass is 35.5. The van der Waals surface area contributed by atoms with Gasteiger partial charge in [0.15, 0.2) is 5.82 Å². The average molecular weight is 559 g/mol. The van der Waals surface area contributed by atoms with Crippen LogP contribution in [0.1, 0.15) is 61.8 Å². The number of halogens is 4. The van der Waals surface area contributed by atoms with Crippen molar-refractivity contribution in [1.29, 1.82) is 0 Å². The summed E-state index contributed by atoms with van der Waals surface area (Å²) in [5.74, 6) is -0.748. The van der Waals surface area contributed by atoms with Gasteiger partial charge in [-0.3, -0.25) is 9.47 Å². The second-order valence-corrected chi connectivity index (χ2v) is 11.8. The summed E-state index contributed by atoms with van der Waals surface area (Å²) < 4.78 is 47.3. The molecule has 2 aliphatic heterocycles. The number of ether oxygens (including phenoxy) is 1. The molecule has 1 amide bonds. The maximum Gasteiger partial charge on any atom is 0.410 e. The van der Waals surface area contributed by atoms with Crippen molar-refractivity contribution >= 4 is 23.5 Å². The summed E-state index contributed by atoms with van der Waals surface area (Å²) in [5.41, 5.74) is 1.81. The summed E-state index contributed by atoms with van der Waals surface area (Å²) in [6.07, 6.45) is 0.737. The minimum absolute atomic E-state index is 0.160. The first kappa shape index (κ1) is 24.7. The highest BCUT2D eigenvalue weighted by Crippen LogP contribution is 2.57. The van der Waals surface area contributed by atoms with Crippen molar-refractivity contribution in [2.24, 2.45) is 5.41 Å². The van der Waals surface area contributed by atoms with Crippen LogP contribution in [0.2, 0.25) is 5.02 Å². The first-order chi connectivity index (χ1) is 18.6. The molecule has 1 saturated heterocycles. The van der Waals surface area contributed by atoms with E-state index in [1.54, 1.807) is 12.1 Å². The van der Waals surface area contributed by atoms with Gasteiger partial charge < -0.3 is 9.64 Å². The lowest BCUT2D eigenvalue weighted by Crippen LogP contribution is -2.62. The fraction of sp³-hybridized carbons (Fsp3) is 0.481. The lowest BCUT2D eigenvalue weighted by molar-refractivity contribution is -0.148. The predicted molar refractivity (Wildman–Crippen MR) is 136 cm³/mol. The highest BCUT2D eigenvalue weighted by molar-refractivity contribution is 6.30. The van der Waals surface area contributed by atoms with Crippen molar-refractivity contribution in [3.63, 3.8) is 0 Å². The van der Waals surface area contributed by atoms with Crippen LogP contribution in [0.15, 0.2) is 36.5 Å². The van der Waals surface area contributed by atoms with Crippen LogP contribution >= 0.6 is 11.6 Å². The van der Waals surface area contributed by atoms with Gasteiger partial charge in [0, 0.05) is 42.3 Å². The summed E-state index contributed by atoms with van der Waals surface area (Å²) in [6, 6.07) is 8.14. The third-order valence-electron chi connectivity index (χ3n) is 8.54. The molecule has 2 aliphatic carbocycles. The number of alkyl halides is 2. The van der Waals surface area contributed by atoms with Crippen LogP contribution in [0, 0.1) is 11.2 Å². The van der Waals surface area contributed by atoms with Crippen LogP contribution in [-0.4, -0.2) is 55.9 Å². The molecule has 1 spiro atoms. The lowest BCUT2D eigenvalue weighted by atomic mass is 9.57. The van der Waals surface area contributed by atoms with Gasteiger partial charge in [-0.05, 0) is 55.7 Å². The molecular weight excluding hydrogens is 533 g/mol. The molecule has 1 aromatic carbocycles. The van der Waals surface area contributed by atoms with E-state index in [0.29, 0.717) is 10.8 Å². The normalized spacial score (nSPS) is 23.3. The predicted octanol–water partition coefficient (Wildman–Crippen LogP) is 5.65. The zero-order valence-corrected chi connectivity index (χ0v) is 21.9. The van der Waals surface area contributed by atoms with Gasteiger partial charge in [-0.25, -0.2) is 22.9 Å². The van der Waals surface area contributed by atoms with E-state index < -0.39 is 37.0 Å². The number of fused-ring (bicyclic) bond motifs is 3. The largest absolute Gasteiger partial charge is 0.446 e. The number of anilines is 1. The summed E-state index contributed by atoms with van der Waals surface area (Å²) in [5, 5.41) is 9.61. The van der Waals surface area contributed by atoms with E-state index in [1.807, 2.05) is 23.6 Å². The minimum atomic E-state index is -2.78. The van der Waals surface area contributed by atoms with Crippen molar-refractivity contribution < 1.29 is 22.7 Å². The number of carbonyl (C=O) groups excluding carboxylic acids is 1. The molecule has 12 heteroatoms. The Balaban J connectivity index is 1.13. The lowest BCUT2D eigenvalue weighted by Gasteiger charge is -2.59. The molecule has 0 bridgehead atoms. The Bertz CT molecular complexity index is 1440. The van der Waals surface area contributed by atoms with Gasteiger partial charge >= 0.3 is 6.09 Å². The molecule has 0 N–H and O–H groups in total. The summed E-state index contributed by atoms with van der Waals surface area (Å²) in [7, 11) is 0. The number of carbonyl (C=O) groups is 1. The van der Waals surface area contributed by atoms with Crippen molar-refractivity contribution in [2.45, 2.75) is 63.1 Å². The van der Waals surface area contributed by atoms with Gasteiger partial charge in [0.05, 0.1) is 24.5 Å². The van der Waals surface area contributed by atoms with Crippen molar-refractivity contribution in [2.75, 3.05) is 18.0 Å². The Morgan fingerprint density at radius 2 is 1.82 bits per heavy atom. The molecule has 0 radical (unpaired) electrons. The number of nitrogens with zero attached hydrogens (tertiary/aromatic N) is 6. The quantitative estimate of drug-likeness (QED) is 0.413. The number of amides is 1. The van der Waals surface area contributed by atoms with Crippen LogP contribution in [0.5, 0.6) is 0 Å². The van der Waals surface area contributed by atoms with Crippen LogP contribution in [0.4, 0.5) is 23.8 Å². The molecule has 3 fully saturated rings. The maximum absolute atomic E-state index is 13.3. The maximum atomic E-state index is 13.3. The second-order valence-electron chi connectivity index (χ2n) is 11.4. The van der Waals surface area contributed by atoms with E-state index in [4.69, 9.17) is 16.3 Å². The Morgan fingerprint density at radius 3 is 2.51 bits per heavy atom. The molecule has 7 rings (SSSR count). The van der Waals surface area contributed by atoms with Gasteiger partial charge in [0.1, 0.15) is 23.6 Å². The summed E-state index contributed by atoms with van der Waals surface area (Å²) >= 11 is 6.33. The number of pyridine rings is 1. The molecule has 1 atom stereocenters. The van der Waals surface area contributed by atoms with E-state index in [-0.39, 0.29) is 23.7 Å². The minimum Gasteiger partial charge on any atom is -0.446 e. The fourth-order valence-corrected chi connectivity index (χ4v) is 6.67. The summed E-state index contributed by atoms with van der Waals surface area (Å²) in [4.78, 5) is 21.0. The monoisotopic (exact) mass is 558 g/mol. The van der Waals surface area contributed by atoms with Gasteiger partial charge in [0.25, 0.3) is 5.92 Å². The van der Waals surface area contributed by atoms with E-state index in [1.165, 1.54) is 17.2 Å². The van der Waals surface area contributed by atoms with Crippen LogP contribution in [0.25, 0.3) is 5.69 Å². The Morgan fingerprint density at radius 1 is 1.08 bits per heavy atom. The van der Waals surface area contributed by atoms with E-state index in [9.17, 15) is 18.0 Å². The fourth-order valence-electron chi connectivity index (χ4n) is 6.48. The Hall–Kier alpha value is -3.34. The molecule has 39 heavy (non-hydrogen) atoms. The number of rotatable bonds is 3. The summed E-state index contributed by atoms with van der Waals surface area (Å²) in [6.45, 7) is 3.75. The number of aromatic nitrogens is 4. The third kappa shape index (κ3) is 4.13. The van der Waals surface area contributed by atoms with Gasteiger partial charge in [0.2, 0.25) is 0 Å². The molecule has 2 aromatic heterocycles. The third-order valence-corrected chi connectivity index (χ3v) is 8.78. The molecular formula is C27H26ClF3N6O2. The van der Waals surface area contributed by atoms with Crippen molar-refractivity contribution in [1.82, 2.24) is 24.6 Å². The Kier molecular flexibility index (Phi) is 5.43. The Labute approximate surface area is 227 Å². The van der Waals surface area contributed by atoms with Crippen molar-refractivity contribution in [3.8, 4) is 5.69 Å². The number of hydrogen-bond acceptors (Lipinski definition) is 6. The van der Waals surface area contributed by atoms with Crippen LogP contribution < -0.4 is 4.90 Å². The standard InChI is InChI=1S/C27H26ClF3N6O2/c1-15-23-33-34-24(17-7-26(8-17)13-35(14-26)22-5-3-19(29)11-32-22)37(23)21-4-2-18(28)6-16(21)12-36(15)25(38)39-20-9-27(30,31)10-20/h2-6,11,15,17,20H,7-10,12-14H2,1H3. The van der Waals surface area contributed by atoms with E-state index in [0.717, 1.165) is 48.8 Å². The molecule has 3 aromatic rings. The molecule has 4 heterocycles. The number of hydrogen-bond donors (Lipinski definition) is 0. The van der Waals surface area contributed by atoms with Gasteiger partial charge in [-0.15, -0.1) is 10.2 Å². The SMILES string of the molecule is CC1c2nnc(C3CC4(C3)CN(c3ccc(F)cn3)C4)n2-c2ccc(Cl)cc2CN1C(=O)OC1CC(F)(F)C1. The first-order valence-electron chi connectivity index (χ1n) is 13.1. The smallest absolute Gasteiger partial charge is 0.410 e. The molecule has 1 unspecified atom stereocenters. The second kappa shape index (κ2) is 8.58. The molecule has 2 saturated carbocycles. The zero-order valence-electron chi connectivity index (χ0n) is 21.2. The molecule has 4 aliphatic rings. The molecule has 8 nitrogen and oxygen atoms in total. The van der Waals surface area contributed by atoms with Gasteiger partial charge in [-0.1, -0.05) is 11.6 Å². The average Bonchev–Trinajstić information content (AvgIpc) is 3.20. The van der Waals surface area contributed by atoms with Gasteiger partial charge in [-0.2, -0.15) is 0 Å². The van der Waals surface area contributed by atoms with E-state index in [2.05, 4.69) is 20.1 Å². The topological polar surface area (TPSA) is 76.4 Å².